The van der Waals surface area contributed by atoms with Gasteiger partial charge in [0, 0.05) is 12.2 Å². The zero-order chi connectivity index (χ0) is 7.56. The van der Waals surface area contributed by atoms with Crippen molar-refractivity contribution in [2.75, 3.05) is 0 Å². The maximum atomic E-state index is 5.43. The smallest absolute Gasteiger partial charge is 0.0545 e. The highest BCUT2D eigenvalue weighted by Crippen LogP contribution is 2.02. The number of pyridine rings is 1. The summed E-state index contributed by atoms with van der Waals surface area (Å²) in [7, 11) is 0. The van der Waals surface area contributed by atoms with Crippen molar-refractivity contribution in [2.24, 2.45) is 5.73 Å². The van der Waals surface area contributed by atoms with Crippen LogP contribution in [0.2, 0.25) is 0 Å². The molecule has 1 heterocycles. The highest BCUT2D eigenvalue weighted by atomic mass is 35.5. The van der Waals surface area contributed by atoms with Gasteiger partial charge in [0.05, 0.1) is 5.69 Å². The summed E-state index contributed by atoms with van der Waals surface area (Å²) in [6.45, 7) is 4.56. The van der Waals surface area contributed by atoms with Gasteiger partial charge in [-0.05, 0) is 31.5 Å². The van der Waals surface area contributed by atoms with Crippen LogP contribution in [-0.4, -0.2) is 4.98 Å². The predicted octanol–water partition coefficient (Wildman–Crippen LogP) is 2.00. The second-order valence-corrected chi connectivity index (χ2v) is 2.48. The van der Waals surface area contributed by atoms with Crippen molar-refractivity contribution >= 4 is 24.8 Å². The van der Waals surface area contributed by atoms with Gasteiger partial charge in [0.25, 0.3) is 0 Å². The molecule has 0 aliphatic heterocycles. The Morgan fingerprint density at radius 2 is 1.83 bits per heavy atom. The molecule has 1 aromatic heterocycles. The minimum absolute atomic E-state index is 0. The Morgan fingerprint density at radius 1 is 1.25 bits per heavy atom. The molecule has 12 heavy (non-hydrogen) atoms. The molecule has 4 heteroatoms. The van der Waals surface area contributed by atoms with Gasteiger partial charge in [0.15, 0.2) is 0 Å². The predicted molar refractivity (Wildman–Crippen MR) is 56.1 cm³/mol. The first-order chi connectivity index (χ1) is 4.72. The van der Waals surface area contributed by atoms with E-state index in [0.29, 0.717) is 6.54 Å². The fourth-order valence-electron chi connectivity index (χ4n) is 1.03. The van der Waals surface area contributed by atoms with Crippen molar-refractivity contribution in [3.8, 4) is 0 Å². The Morgan fingerprint density at radius 3 is 2.25 bits per heavy atom. The summed E-state index contributed by atoms with van der Waals surface area (Å²) >= 11 is 0. The summed E-state index contributed by atoms with van der Waals surface area (Å²) in [5.41, 5.74) is 8.67. The van der Waals surface area contributed by atoms with E-state index in [0.717, 1.165) is 11.4 Å². The minimum atomic E-state index is 0. The van der Waals surface area contributed by atoms with Crippen LogP contribution < -0.4 is 5.73 Å². The van der Waals surface area contributed by atoms with E-state index in [1.807, 2.05) is 26.0 Å². The van der Waals surface area contributed by atoms with Crippen LogP contribution in [0.15, 0.2) is 12.1 Å². The quantitative estimate of drug-likeness (QED) is 0.768. The molecule has 1 rings (SSSR count). The average Bonchev–Trinajstić information content (AvgIpc) is 1.85. The first kappa shape index (κ1) is 14.2. The maximum Gasteiger partial charge on any atom is 0.0545 e. The summed E-state index contributed by atoms with van der Waals surface area (Å²) in [5, 5.41) is 0. The van der Waals surface area contributed by atoms with Crippen LogP contribution in [0.1, 0.15) is 17.0 Å². The number of rotatable bonds is 1. The highest BCUT2D eigenvalue weighted by Gasteiger charge is 1.92. The third-order valence-electron chi connectivity index (χ3n) is 1.36. The maximum absolute atomic E-state index is 5.43. The van der Waals surface area contributed by atoms with E-state index in [2.05, 4.69) is 4.98 Å². The van der Waals surface area contributed by atoms with Crippen LogP contribution in [0.3, 0.4) is 0 Å². The van der Waals surface area contributed by atoms with Crippen molar-refractivity contribution in [3.63, 3.8) is 0 Å². The summed E-state index contributed by atoms with van der Waals surface area (Å²) in [6, 6.07) is 4.05. The monoisotopic (exact) mass is 208 g/mol. The molecule has 0 aromatic carbocycles. The van der Waals surface area contributed by atoms with Gasteiger partial charge in [-0.2, -0.15) is 0 Å². The number of nitrogens with two attached hydrogens (primary N) is 1. The fourth-order valence-corrected chi connectivity index (χ4v) is 1.03. The van der Waals surface area contributed by atoms with E-state index in [1.165, 1.54) is 5.56 Å². The number of aromatic nitrogens is 1. The van der Waals surface area contributed by atoms with E-state index < -0.39 is 0 Å². The minimum Gasteiger partial charge on any atom is -0.325 e. The summed E-state index contributed by atoms with van der Waals surface area (Å²) in [4.78, 5) is 4.23. The van der Waals surface area contributed by atoms with E-state index >= 15 is 0 Å². The van der Waals surface area contributed by atoms with Crippen molar-refractivity contribution < 1.29 is 0 Å². The number of hydrogen-bond donors (Lipinski definition) is 1. The van der Waals surface area contributed by atoms with E-state index in [4.69, 9.17) is 5.73 Å². The number of nitrogens with zero attached hydrogens (tertiary/aromatic N) is 1. The standard InChI is InChI=1S/C8H12N2.2ClH/c1-6-3-7(2)10-8(4-6)5-9;;/h3-4H,5,9H2,1-2H3;2*1H. The lowest BCUT2D eigenvalue weighted by Crippen LogP contribution is -2.00. The lowest BCUT2D eigenvalue weighted by molar-refractivity contribution is 0.962. The van der Waals surface area contributed by atoms with Gasteiger partial charge in [-0.3, -0.25) is 4.98 Å². The Bertz CT molecular complexity index is 218. The molecular formula is C8H14Cl2N2. The number of hydrogen-bond acceptors (Lipinski definition) is 2. The van der Waals surface area contributed by atoms with Crippen molar-refractivity contribution in [2.45, 2.75) is 20.4 Å². The van der Waals surface area contributed by atoms with Gasteiger partial charge in [-0.1, -0.05) is 0 Å². The van der Waals surface area contributed by atoms with Gasteiger partial charge >= 0.3 is 0 Å². The first-order valence-electron chi connectivity index (χ1n) is 3.36. The number of halogens is 2. The molecule has 0 amide bonds. The average molecular weight is 209 g/mol. The fraction of sp³-hybridized carbons (Fsp3) is 0.375. The topological polar surface area (TPSA) is 38.9 Å². The van der Waals surface area contributed by atoms with E-state index in [-0.39, 0.29) is 24.8 Å². The van der Waals surface area contributed by atoms with Gasteiger partial charge in [-0.15, -0.1) is 24.8 Å². The molecule has 0 bridgehead atoms. The van der Waals surface area contributed by atoms with Gasteiger partial charge in [0.2, 0.25) is 0 Å². The van der Waals surface area contributed by atoms with Crippen LogP contribution in [0.25, 0.3) is 0 Å². The Hall–Kier alpha value is -0.310. The van der Waals surface area contributed by atoms with Crippen LogP contribution in [0.4, 0.5) is 0 Å². The SMILES string of the molecule is Cc1cc(C)nc(CN)c1.Cl.Cl. The van der Waals surface area contributed by atoms with Crippen molar-refractivity contribution in [1.82, 2.24) is 4.98 Å². The Labute approximate surface area is 85.4 Å². The zero-order valence-electron chi connectivity index (χ0n) is 7.20. The van der Waals surface area contributed by atoms with Crippen molar-refractivity contribution in [1.29, 1.82) is 0 Å². The lowest BCUT2D eigenvalue weighted by Gasteiger charge is -1.99. The largest absolute Gasteiger partial charge is 0.325 e. The molecule has 0 saturated heterocycles. The Kier molecular flexibility index (Phi) is 7.39. The molecule has 0 unspecified atom stereocenters. The molecule has 0 aliphatic carbocycles. The van der Waals surface area contributed by atoms with Crippen LogP contribution >= 0.6 is 24.8 Å². The second kappa shape index (κ2) is 6.23. The molecule has 0 fully saturated rings. The first-order valence-corrected chi connectivity index (χ1v) is 3.36. The number of aryl methyl sites for hydroxylation is 2. The molecule has 0 saturated carbocycles. The zero-order valence-corrected chi connectivity index (χ0v) is 8.84. The van der Waals surface area contributed by atoms with E-state index in [9.17, 15) is 0 Å². The molecule has 2 N–H and O–H groups in total. The van der Waals surface area contributed by atoms with Crippen LogP contribution in [-0.2, 0) is 6.54 Å². The molecule has 2 nitrogen and oxygen atoms in total. The third-order valence-corrected chi connectivity index (χ3v) is 1.36. The second-order valence-electron chi connectivity index (χ2n) is 2.48. The molecule has 0 aliphatic rings. The van der Waals surface area contributed by atoms with Gasteiger partial charge < -0.3 is 5.73 Å². The van der Waals surface area contributed by atoms with Gasteiger partial charge in [-0.25, -0.2) is 0 Å². The molecular weight excluding hydrogens is 195 g/mol. The molecule has 0 atom stereocenters. The lowest BCUT2D eigenvalue weighted by atomic mass is 10.2. The van der Waals surface area contributed by atoms with Crippen LogP contribution in [0.5, 0.6) is 0 Å². The molecule has 70 valence electrons. The van der Waals surface area contributed by atoms with Crippen molar-refractivity contribution in [3.05, 3.63) is 29.1 Å². The van der Waals surface area contributed by atoms with E-state index in [1.54, 1.807) is 0 Å². The highest BCUT2D eigenvalue weighted by molar-refractivity contribution is 5.85. The normalized spacial score (nSPS) is 8.25. The summed E-state index contributed by atoms with van der Waals surface area (Å²) in [5.74, 6) is 0. The summed E-state index contributed by atoms with van der Waals surface area (Å²) in [6.07, 6.45) is 0. The molecule has 1 aromatic rings. The molecule has 0 spiro atoms. The van der Waals surface area contributed by atoms with Crippen LogP contribution in [0, 0.1) is 13.8 Å². The van der Waals surface area contributed by atoms with Gasteiger partial charge in [0.1, 0.15) is 0 Å². The molecule has 0 radical (unpaired) electrons. The third kappa shape index (κ3) is 3.90. The Balaban J connectivity index is 0. The summed E-state index contributed by atoms with van der Waals surface area (Å²) < 4.78 is 0.